The zero-order valence-corrected chi connectivity index (χ0v) is 6.96. The molecule has 0 saturated carbocycles. The van der Waals surface area contributed by atoms with Crippen LogP contribution in [0.15, 0.2) is 34.8 Å². The molecule has 0 aliphatic carbocycles. The van der Waals surface area contributed by atoms with E-state index in [4.69, 9.17) is 0 Å². The molecule has 0 amide bonds. The molecule has 1 aromatic carbocycles. The van der Waals surface area contributed by atoms with Crippen molar-refractivity contribution in [1.29, 1.82) is 0 Å². The molecule has 0 unspecified atom stereocenters. The molecule has 0 spiro atoms. The first kappa shape index (κ1) is 6.76. The van der Waals surface area contributed by atoms with Gasteiger partial charge in [-0.1, -0.05) is 0 Å². The first-order chi connectivity index (χ1) is 4.43. The fraction of sp³-hybridized carbons (Fsp3) is 0. The van der Waals surface area contributed by atoms with Gasteiger partial charge in [0.1, 0.15) is 0 Å². The Balaban J connectivity index is 2.85. The number of hydrogen-bond donors (Lipinski definition) is 0. The summed E-state index contributed by atoms with van der Waals surface area (Å²) < 4.78 is 2.05. The Labute approximate surface area is 66.5 Å². The van der Waals surface area contributed by atoms with Crippen molar-refractivity contribution in [2.75, 3.05) is 0 Å². The summed E-state index contributed by atoms with van der Waals surface area (Å²) in [5.41, 5.74) is 1.27. The second-order valence-electron chi connectivity index (χ2n) is 1.71. The Bertz CT molecular complexity index is 189. The zero-order valence-electron chi connectivity index (χ0n) is 4.95. The van der Waals surface area contributed by atoms with E-state index in [2.05, 4.69) is 18.2 Å². The third-order valence-electron chi connectivity index (χ3n) is 1.06. The molecule has 0 bridgehead atoms. The second kappa shape index (κ2) is 3.63. The van der Waals surface area contributed by atoms with E-state index in [1.807, 2.05) is 42.5 Å². The summed E-state index contributed by atoms with van der Waals surface area (Å²) in [6.45, 7) is 0. The maximum atomic E-state index is 2.09. The van der Waals surface area contributed by atoms with Gasteiger partial charge in [0, 0.05) is 0 Å². The quantitative estimate of drug-likeness (QED) is 0.608. The van der Waals surface area contributed by atoms with E-state index in [0.29, 0.717) is 0 Å². The van der Waals surface area contributed by atoms with E-state index >= 15 is 0 Å². The second-order valence-corrected chi connectivity index (χ2v) is 2.38. The molecule has 0 heterocycles. The van der Waals surface area contributed by atoms with E-state index in [-0.39, 0.29) is 0 Å². The first-order valence-corrected chi connectivity index (χ1v) is 3.93. The Kier molecular flexibility index (Phi) is 2.73. The van der Waals surface area contributed by atoms with Gasteiger partial charge in [-0.25, -0.2) is 0 Å². The molecule has 1 rings (SSSR count). The summed E-state index contributed by atoms with van der Waals surface area (Å²) in [4.78, 5) is 0. The van der Waals surface area contributed by atoms with Crippen LogP contribution < -0.4 is 0 Å². The first-order valence-electron chi connectivity index (χ1n) is 2.77. The summed E-state index contributed by atoms with van der Waals surface area (Å²) in [6, 6.07) is 10.3. The average Bonchev–Trinajstić information content (AvgIpc) is 1.91. The van der Waals surface area contributed by atoms with E-state index in [1.54, 1.807) is 0 Å². The molecule has 0 aliphatic heterocycles. The van der Waals surface area contributed by atoms with Gasteiger partial charge in [0.2, 0.25) is 0 Å². The number of hydrogen-bond acceptors (Lipinski definition) is 0. The monoisotopic (exact) mass is 201 g/mol. The van der Waals surface area contributed by atoms with Crippen LogP contribution in [-0.2, 0) is 19.8 Å². The maximum absolute atomic E-state index is 2.09. The Morgan fingerprint density at radius 2 is 1.78 bits per heavy atom. The average molecular weight is 199 g/mol. The minimum absolute atomic E-state index is 1.27. The van der Waals surface area contributed by atoms with E-state index < -0.39 is 0 Å². The molecule has 0 aromatic heterocycles. The minimum atomic E-state index is 1.27. The zero-order chi connectivity index (χ0) is 6.53. The van der Waals surface area contributed by atoms with Crippen LogP contribution >= 0.6 is 0 Å². The molecule has 0 radical (unpaired) electrons. The topological polar surface area (TPSA) is 0 Å². The summed E-state index contributed by atoms with van der Waals surface area (Å²) in [6.07, 6.45) is 2.09. The van der Waals surface area contributed by atoms with Gasteiger partial charge in [-0.2, -0.15) is 0 Å². The van der Waals surface area contributed by atoms with Crippen LogP contribution in [0.5, 0.6) is 0 Å². The summed E-state index contributed by atoms with van der Waals surface area (Å²) in [7, 11) is 0. The normalized spacial score (nSPS) is 10.2. The number of rotatable bonds is 1. The Morgan fingerprint density at radius 1 is 1.11 bits per heavy atom. The van der Waals surface area contributed by atoms with Crippen molar-refractivity contribution in [2.24, 2.45) is 0 Å². The summed E-state index contributed by atoms with van der Waals surface area (Å²) in [5, 5.41) is 0. The van der Waals surface area contributed by atoms with Gasteiger partial charge in [-0.3, -0.25) is 0 Å². The van der Waals surface area contributed by atoms with Crippen molar-refractivity contribution in [3.05, 3.63) is 40.4 Å². The molecule has 0 nitrogen and oxygen atoms in total. The molecule has 0 N–H and O–H groups in total. The predicted molar refractivity (Wildman–Crippen MR) is 35.5 cm³/mol. The molecule has 0 atom stereocenters. The van der Waals surface area contributed by atoms with Crippen molar-refractivity contribution in [3.63, 3.8) is 0 Å². The molecule has 9 heavy (non-hydrogen) atoms. The van der Waals surface area contributed by atoms with E-state index in [9.17, 15) is 0 Å². The Hall–Kier alpha value is -0.352. The molecule has 45 valence electrons. The van der Waals surface area contributed by atoms with Gasteiger partial charge in [-0.05, 0) is 0 Å². The van der Waals surface area contributed by atoms with Crippen LogP contribution in [0.4, 0.5) is 0 Å². The molecular weight excluding hydrogens is 192 g/mol. The summed E-state index contributed by atoms with van der Waals surface area (Å²) in [5.74, 6) is 0. The third kappa shape index (κ3) is 2.15. The van der Waals surface area contributed by atoms with E-state index in [0.717, 1.165) is 0 Å². The van der Waals surface area contributed by atoms with Gasteiger partial charge in [0.05, 0.1) is 0 Å². The van der Waals surface area contributed by atoms with Crippen LogP contribution in [0.2, 0.25) is 0 Å². The van der Waals surface area contributed by atoms with Gasteiger partial charge in [0.25, 0.3) is 0 Å². The fourth-order valence-corrected chi connectivity index (χ4v) is 1.03. The van der Waals surface area contributed by atoms with Gasteiger partial charge < -0.3 is 0 Å². The van der Waals surface area contributed by atoms with Gasteiger partial charge in [0.15, 0.2) is 0 Å². The SMILES string of the molecule is [Mo][CH]=Cc1ccccc1. The molecular formula is C8H7Mo. The van der Waals surface area contributed by atoms with Crippen LogP contribution in [0.1, 0.15) is 5.56 Å². The van der Waals surface area contributed by atoms with Crippen LogP contribution in [0.3, 0.4) is 0 Å². The van der Waals surface area contributed by atoms with Crippen LogP contribution in [-0.4, -0.2) is 0 Å². The summed E-state index contributed by atoms with van der Waals surface area (Å²) >= 11 is 1.96. The van der Waals surface area contributed by atoms with Gasteiger partial charge in [-0.15, -0.1) is 0 Å². The fourth-order valence-electron chi connectivity index (χ4n) is 0.643. The van der Waals surface area contributed by atoms with Crippen LogP contribution in [0.25, 0.3) is 6.08 Å². The van der Waals surface area contributed by atoms with Gasteiger partial charge >= 0.3 is 66.3 Å². The van der Waals surface area contributed by atoms with Crippen molar-refractivity contribution in [1.82, 2.24) is 0 Å². The standard InChI is InChI=1S/C8H7.Mo/c1-2-8-6-4-3-5-7-8;/h1-7H;. The molecule has 0 fully saturated rings. The predicted octanol–water partition coefficient (Wildman–Crippen LogP) is 2.20. The van der Waals surface area contributed by atoms with Crippen molar-refractivity contribution >= 4 is 6.08 Å². The molecule has 1 heteroatoms. The molecule has 0 saturated heterocycles. The van der Waals surface area contributed by atoms with E-state index in [1.165, 1.54) is 5.56 Å². The molecule has 1 aromatic rings. The third-order valence-corrected chi connectivity index (χ3v) is 1.39. The van der Waals surface area contributed by atoms with Crippen molar-refractivity contribution < 1.29 is 19.8 Å². The Morgan fingerprint density at radius 3 is 2.33 bits per heavy atom. The molecule has 0 aliphatic rings. The van der Waals surface area contributed by atoms with Crippen molar-refractivity contribution in [3.8, 4) is 0 Å². The van der Waals surface area contributed by atoms with Crippen molar-refractivity contribution in [2.45, 2.75) is 0 Å². The van der Waals surface area contributed by atoms with Crippen LogP contribution in [0, 0.1) is 0 Å². The number of benzene rings is 1.